The van der Waals surface area contributed by atoms with Crippen LogP contribution in [0.5, 0.6) is 0 Å². The van der Waals surface area contributed by atoms with Gasteiger partial charge in [0.2, 0.25) is 5.91 Å². The minimum atomic E-state index is -3.08. The maximum Gasteiger partial charge on any atom is 0.240 e. The Morgan fingerprint density at radius 3 is 2.28 bits per heavy atom. The third-order valence-electron chi connectivity index (χ3n) is 3.13. The molecule has 1 unspecified atom stereocenters. The van der Waals surface area contributed by atoms with E-state index in [-0.39, 0.29) is 30.1 Å². The molecule has 0 aromatic carbocycles. The molecule has 5 nitrogen and oxygen atoms in total. The van der Waals surface area contributed by atoms with E-state index in [1.807, 2.05) is 0 Å². The molecule has 0 spiro atoms. The zero-order chi connectivity index (χ0) is 13.1. The topological polar surface area (TPSA) is 89.3 Å². The van der Waals surface area contributed by atoms with Gasteiger partial charge in [-0.3, -0.25) is 4.79 Å². The molecule has 108 valence electrons. The molecule has 0 heterocycles. The van der Waals surface area contributed by atoms with Crippen molar-refractivity contribution < 1.29 is 13.2 Å². The highest BCUT2D eigenvalue weighted by atomic mass is 35.5. The highest BCUT2D eigenvalue weighted by Crippen LogP contribution is 2.26. The predicted octanol–water partition coefficient (Wildman–Crippen LogP) is 0.619. The number of nitrogens with two attached hydrogens (primary N) is 1. The Balaban J connectivity index is 0.00000289. The number of rotatable bonds is 4. The Kier molecular flexibility index (Phi) is 6.60. The van der Waals surface area contributed by atoms with Crippen LogP contribution in [0.2, 0.25) is 0 Å². The summed E-state index contributed by atoms with van der Waals surface area (Å²) in [6.07, 6.45) is 5.57. The molecular formula is C11H23ClN2O3S. The number of halogens is 1. The molecule has 0 aromatic rings. The molecule has 1 aliphatic rings. The highest BCUT2D eigenvalue weighted by Gasteiger charge is 2.35. The summed E-state index contributed by atoms with van der Waals surface area (Å²) in [7, 11) is -3.08. The molecule has 0 aliphatic heterocycles. The normalized spacial score (nSPS) is 20.6. The summed E-state index contributed by atoms with van der Waals surface area (Å²) in [5.74, 6) is -0.261. The standard InChI is InChI=1S/C11H22N2O3S.ClH/c1-9(8-17(2,15)16)13-10(14)11(12)6-4-3-5-7-11;/h9H,3-8,12H2,1-2H3,(H,13,14);1H. The van der Waals surface area contributed by atoms with Crippen molar-refractivity contribution in [1.82, 2.24) is 5.32 Å². The number of carbonyl (C=O) groups excluding carboxylic acids is 1. The van der Waals surface area contributed by atoms with Crippen molar-refractivity contribution in [3.05, 3.63) is 0 Å². The first-order chi connectivity index (χ1) is 7.73. The fourth-order valence-electron chi connectivity index (χ4n) is 2.27. The van der Waals surface area contributed by atoms with Crippen molar-refractivity contribution in [1.29, 1.82) is 0 Å². The minimum Gasteiger partial charge on any atom is -0.351 e. The molecule has 18 heavy (non-hydrogen) atoms. The molecule has 3 N–H and O–H groups in total. The summed E-state index contributed by atoms with van der Waals surface area (Å²) in [5, 5.41) is 2.70. The van der Waals surface area contributed by atoms with E-state index in [2.05, 4.69) is 5.32 Å². The van der Waals surface area contributed by atoms with E-state index in [1.165, 1.54) is 0 Å². The first-order valence-corrected chi connectivity index (χ1v) is 8.06. The lowest BCUT2D eigenvalue weighted by Crippen LogP contribution is -2.57. The molecule has 0 bridgehead atoms. The first-order valence-electron chi connectivity index (χ1n) is 6.00. The Bertz CT molecular complexity index is 378. The van der Waals surface area contributed by atoms with Crippen LogP contribution in [0.15, 0.2) is 0 Å². The van der Waals surface area contributed by atoms with Gasteiger partial charge in [-0.1, -0.05) is 19.3 Å². The summed E-state index contributed by atoms with van der Waals surface area (Å²) in [6.45, 7) is 1.69. The van der Waals surface area contributed by atoms with E-state index in [1.54, 1.807) is 6.92 Å². The van der Waals surface area contributed by atoms with Crippen LogP contribution in [0.3, 0.4) is 0 Å². The zero-order valence-corrected chi connectivity index (χ0v) is 12.6. The Morgan fingerprint density at radius 1 is 1.33 bits per heavy atom. The largest absolute Gasteiger partial charge is 0.351 e. The van der Waals surface area contributed by atoms with Crippen LogP contribution in [0.1, 0.15) is 39.0 Å². The molecule has 1 amide bonds. The third kappa shape index (κ3) is 5.54. The van der Waals surface area contributed by atoms with Crippen LogP contribution in [0.25, 0.3) is 0 Å². The van der Waals surface area contributed by atoms with Gasteiger partial charge in [-0.25, -0.2) is 8.42 Å². The summed E-state index contributed by atoms with van der Waals surface area (Å²) in [4.78, 5) is 12.0. The lowest BCUT2D eigenvalue weighted by atomic mass is 9.82. The van der Waals surface area contributed by atoms with Gasteiger partial charge in [0.05, 0.1) is 11.3 Å². The van der Waals surface area contributed by atoms with E-state index in [0.717, 1.165) is 25.5 Å². The fraction of sp³-hybridized carbons (Fsp3) is 0.909. The highest BCUT2D eigenvalue weighted by molar-refractivity contribution is 7.90. The van der Waals surface area contributed by atoms with Gasteiger partial charge in [-0.15, -0.1) is 12.4 Å². The van der Waals surface area contributed by atoms with Crippen molar-refractivity contribution in [2.24, 2.45) is 5.73 Å². The van der Waals surface area contributed by atoms with Crippen LogP contribution < -0.4 is 11.1 Å². The van der Waals surface area contributed by atoms with Crippen LogP contribution >= 0.6 is 12.4 Å². The summed E-state index contributed by atoms with van der Waals surface area (Å²) in [5.41, 5.74) is 5.25. The molecule has 1 saturated carbocycles. The van der Waals surface area contributed by atoms with Crippen molar-refractivity contribution in [3.63, 3.8) is 0 Å². The first kappa shape index (κ1) is 17.7. The van der Waals surface area contributed by atoms with Gasteiger partial charge in [0, 0.05) is 12.3 Å². The molecule has 0 radical (unpaired) electrons. The van der Waals surface area contributed by atoms with Gasteiger partial charge in [0.25, 0.3) is 0 Å². The monoisotopic (exact) mass is 298 g/mol. The Hall–Kier alpha value is -0.330. The Morgan fingerprint density at radius 2 is 1.83 bits per heavy atom. The average Bonchev–Trinajstić information content (AvgIpc) is 2.15. The van der Waals surface area contributed by atoms with Crippen LogP contribution in [0, 0.1) is 0 Å². The van der Waals surface area contributed by atoms with Gasteiger partial charge in [-0.2, -0.15) is 0 Å². The molecule has 1 atom stereocenters. The Labute approximate surface area is 115 Å². The number of sulfone groups is 1. The van der Waals surface area contributed by atoms with Crippen molar-refractivity contribution in [3.8, 4) is 0 Å². The smallest absolute Gasteiger partial charge is 0.240 e. The quantitative estimate of drug-likeness (QED) is 0.796. The van der Waals surface area contributed by atoms with E-state index >= 15 is 0 Å². The second kappa shape index (κ2) is 6.73. The van der Waals surface area contributed by atoms with E-state index < -0.39 is 15.4 Å². The molecule has 1 aliphatic carbocycles. The van der Waals surface area contributed by atoms with E-state index in [4.69, 9.17) is 5.73 Å². The SMILES string of the molecule is CC(CS(C)(=O)=O)NC(=O)C1(N)CCCCC1.Cl. The average molecular weight is 299 g/mol. The van der Waals surface area contributed by atoms with Gasteiger partial charge in [-0.05, 0) is 19.8 Å². The molecule has 0 saturated heterocycles. The van der Waals surface area contributed by atoms with Gasteiger partial charge >= 0.3 is 0 Å². The maximum absolute atomic E-state index is 12.0. The lowest BCUT2D eigenvalue weighted by Gasteiger charge is -2.32. The molecule has 1 fully saturated rings. The number of nitrogens with one attached hydrogen (secondary N) is 1. The van der Waals surface area contributed by atoms with Crippen LogP contribution in [-0.4, -0.2) is 37.9 Å². The third-order valence-corrected chi connectivity index (χ3v) is 4.23. The van der Waals surface area contributed by atoms with Gasteiger partial charge in [0.15, 0.2) is 0 Å². The minimum absolute atomic E-state index is 0. The van der Waals surface area contributed by atoms with E-state index in [0.29, 0.717) is 12.8 Å². The fourth-order valence-corrected chi connectivity index (χ4v) is 3.26. The van der Waals surface area contributed by atoms with Crippen molar-refractivity contribution in [2.75, 3.05) is 12.0 Å². The zero-order valence-electron chi connectivity index (χ0n) is 10.9. The van der Waals surface area contributed by atoms with Gasteiger partial charge < -0.3 is 11.1 Å². The summed E-state index contributed by atoms with van der Waals surface area (Å²) in [6, 6.07) is -0.389. The lowest BCUT2D eigenvalue weighted by molar-refractivity contribution is -0.128. The van der Waals surface area contributed by atoms with Crippen molar-refractivity contribution in [2.45, 2.75) is 50.6 Å². The maximum atomic E-state index is 12.0. The molecular weight excluding hydrogens is 276 g/mol. The van der Waals surface area contributed by atoms with E-state index in [9.17, 15) is 13.2 Å². The van der Waals surface area contributed by atoms with Crippen molar-refractivity contribution >= 4 is 28.2 Å². The molecule has 0 aromatic heterocycles. The number of carbonyl (C=O) groups is 1. The number of amides is 1. The van der Waals surface area contributed by atoms with Gasteiger partial charge in [0.1, 0.15) is 9.84 Å². The second-order valence-corrected chi connectivity index (χ2v) is 7.37. The molecule has 7 heteroatoms. The predicted molar refractivity (Wildman–Crippen MR) is 74.6 cm³/mol. The summed E-state index contributed by atoms with van der Waals surface area (Å²) < 4.78 is 22.2. The second-order valence-electron chi connectivity index (χ2n) is 5.18. The van der Waals surface area contributed by atoms with Crippen LogP contribution in [0.4, 0.5) is 0 Å². The number of hydrogen-bond donors (Lipinski definition) is 2. The van der Waals surface area contributed by atoms with Crippen LogP contribution in [-0.2, 0) is 14.6 Å². The molecule has 1 rings (SSSR count). The number of hydrogen-bond acceptors (Lipinski definition) is 4. The summed E-state index contributed by atoms with van der Waals surface area (Å²) >= 11 is 0.